The molecule has 0 unspecified atom stereocenters. The average molecular weight is 372 g/mol. The van der Waals surface area contributed by atoms with Crippen molar-refractivity contribution in [1.29, 1.82) is 0 Å². The van der Waals surface area contributed by atoms with E-state index < -0.39 is 22.0 Å². The normalized spacial score (nSPS) is 16.3. The minimum absolute atomic E-state index is 0.0336. The molecule has 0 spiro atoms. The number of thioether (sulfide) groups is 1. The Kier molecular flexibility index (Phi) is 6.58. The van der Waals surface area contributed by atoms with Crippen LogP contribution in [0.25, 0.3) is 0 Å². The van der Waals surface area contributed by atoms with Crippen LogP contribution in [0, 0.1) is 0 Å². The maximum absolute atomic E-state index is 12.6. The van der Waals surface area contributed by atoms with E-state index in [0.29, 0.717) is 18.1 Å². The van der Waals surface area contributed by atoms with Gasteiger partial charge < -0.3 is 5.73 Å². The summed E-state index contributed by atoms with van der Waals surface area (Å²) in [5, 5.41) is 2.44. The molecule has 1 fully saturated rings. The second-order valence-corrected chi connectivity index (χ2v) is 8.29. The van der Waals surface area contributed by atoms with Gasteiger partial charge in [0.1, 0.15) is 4.90 Å². The summed E-state index contributed by atoms with van der Waals surface area (Å²) in [5.41, 5.74) is 4.84. The third-order valence-corrected chi connectivity index (χ3v) is 6.35. The molecule has 2 rings (SSSR count). The molecule has 0 radical (unpaired) electrons. The molecule has 24 heavy (non-hydrogen) atoms. The van der Waals surface area contributed by atoms with Gasteiger partial charge in [-0.1, -0.05) is 24.6 Å². The summed E-state index contributed by atoms with van der Waals surface area (Å²) < 4.78 is 26.7. The molecule has 132 valence electrons. The van der Waals surface area contributed by atoms with Crippen LogP contribution in [-0.4, -0.2) is 48.5 Å². The molecule has 1 aromatic rings. The number of primary amides is 1. The quantitative estimate of drug-likeness (QED) is 0.742. The topological polar surface area (TPSA) is 122 Å². The van der Waals surface area contributed by atoms with Crippen molar-refractivity contribution in [2.45, 2.75) is 35.6 Å². The zero-order valence-corrected chi connectivity index (χ0v) is 14.7. The van der Waals surface area contributed by atoms with Crippen molar-refractivity contribution < 1.29 is 18.0 Å². The number of sulfonamides is 1. The molecule has 0 aliphatic carbocycles. The van der Waals surface area contributed by atoms with E-state index in [1.165, 1.54) is 16.6 Å². The summed E-state index contributed by atoms with van der Waals surface area (Å²) >= 11 is 1.09. The van der Waals surface area contributed by atoms with E-state index in [1.54, 1.807) is 6.07 Å². The van der Waals surface area contributed by atoms with E-state index in [-0.39, 0.29) is 10.6 Å². The first-order valence-electron chi connectivity index (χ1n) is 7.58. The summed E-state index contributed by atoms with van der Waals surface area (Å²) in [6.45, 7) is 1.07. The van der Waals surface area contributed by atoms with Gasteiger partial charge in [-0.25, -0.2) is 18.2 Å². The van der Waals surface area contributed by atoms with Crippen LogP contribution in [-0.2, 0) is 14.8 Å². The fourth-order valence-electron chi connectivity index (χ4n) is 2.35. The second kappa shape index (κ2) is 8.45. The Labute approximate surface area is 145 Å². The molecule has 1 saturated heterocycles. The molecular formula is C14H20N4O4S2. The number of pyridine rings is 1. The zero-order chi connectivity index (χ0) is 17.6. The van der Waals surface area contributed by atoms with E-state index in [9.17, 15) is 18.0 Å². The summed E-state index contributed by atoms with van der Waals surface area (Å²) in [6, 6.07) is 2.13. The second-order valence-electron chi connectivity index (χ2n) is 5.35. The number of nitrogens with one attached hydrogen (secondary N) is 1. The molecule has 0 atom stereocenters. The first kappa shape index (κ1) is 18.7. The van der Waals surface area contributed by atoms with Gasteiger partial charge in [0.2, 0.25) is 15.9 Å². The highest BCUT2D eigenvalue weighted by atomic mass is 32.2. The lowest BCUT2D eigenvalue weighted by molar-refractivity contribution is -0.117. The van der Waals surface area contributed by atoms with Crippen molar-refractivity contribution in [1.82, 2.24) is 14.6 Å². The molecule has 1 aromatic heterocycles. The Balaban J connectivity index is 2.00. The molecule has 10 heteroatoms. The highest BCUT2D eigenvalue weighted by Gasteiger charge is 2.25. The lowest BCUT2D eigenvalue weighted by atomic mass is 10.2. The van der Waals surface area contributed by atoms with Crippen molar-refractivity contribution >= 4 is 33.7 Å². The summed E-state index contributed by atoms with van der Waals surface area (Å²) in [4.78, 5) is 26.1. The Bertz CT molecular complexity index is 683. The highest BCUT2D eigenvalue weighted by Crippen LogP contribution is 2.22. The monoisotopic (exact) mass is 372 g/mol. The SMILES string of the molecule is NC(=O)NC(=O)CSc1ccc(S(=O)(=O)N2CCCCCC2)cn1. The van der Waals surface area contributed by atoms with Crippen LogP contribution in [0.3, 0.4) is 0 Å². The van der Waals surface area contributed by atoms with Gasteiger partial charge >= 0.3 is 6.03 Å². The van der Waals surface area contributed by atoms with Crippen LogP contribution in [0.2, 0.25) is 0 Å². The van der Waals surface area contributed by atoms with E-state index >= 15 is 0 Å². The van der Waals surface area contributed by atoms with E-state index in [0.717, 1.165) is 37.4 Å². The van der Waals surface area contributed by atoms with Gasteiger partial charge in [0, 0.05) is 19.3 Å². The number of imide groups is 1. The van der Waals surface area contributed by atoms with Gasteiger partial charge in [0.05, 0.1) is 10.8 Å². The number of nitrogens with two attached hydrogens (primary N) is 1. The number of carbonyl (C=O) groups is 2. The Morgan fingerprint density at radius 3 is 2.42 bits per heavy atom. The van der Waals surface area contributed by atoms with E-state index in [1.807, 2.05) is 5.32 Å². The fraction of sp³-hybridized carbons (Fsp3) is 0.500. The van der Waals surface area contributed by atoms with Crippen molar-refractivity contribution in [3.05, 3.63) is 18.3 Å². The molecular weight excluding hydrogens is 352 g/mol. The molecule has 0 aromatic carbocycles. The van der Waals surface area contributed by atoms with Gasteiger partial charge in [0.15, 0.2) is 0 Å². The lowest BCUT2D eigenvalue weighted by Gasteiger charge is -2.19. The minimum Gasteiger partial charge on any atom is -0.351 e. The van der Waals surface area contributed by atoms with Crippen LogP contribution in [0.15, 0.2) is 28.3 Å². The minimum atomic E-state index is -3.53. The Hall–Kier alpha value is -1.65. The number of hydrogen-bond acceptors (Lipinski definition) is 6. The molecule has 8 nitrogen and oxygen atoms in total. The van der Waals surface area contributed by atoms with Gasteiger partial charge in [-0.2, -0.15) is 4.31 Å². The van der Waals surface area contributed by atoms with Crippen LogP contribution in [0.5, 0.6) is 0 Å². The third-order valence-electron chi connectivity index (χ3n) is 3.53. The predicted octanol–water partition coefficient (Wildman–Crippen LogP) is 0.933. The summed E-state index contributed by atoms with van der Waals surface area (Å²) in [5.74, 6) is -0.565. The molecule has 1 aliphatic rings. The van der Waals surface area contributed by atoms with Gasteiger partial charge in [-0.05, 0) is 25.0 Å². The third kappa shape index (κ3) is 5.18. The zero-order valence-electron chi connectivity index (χ0n) is 13.1. The summed E-state index contributed by atoms with van der Waals surface area (Å²) in [6.07, 6.45) is 5.14. The molecule has 0 saturated carbocycles. The number of nitrogens with zero attached hydrogens (tertiary/aromatic N) is 2. The number of aromatic nitrogens is 1. The number of urea groups is 1. The van der Waals surface area contributed by atoms with Crippen LogP contribution < -0.4 is 11.1 Å². The lowest BCUT2D eigenvalue weighted by Crippen LogP contribution is -2.36. The fourth-order valence-corrected chi connectivity index (χ4v) is 4.45. The Morgan fingerprint density at radius 1 is 1.21 bits per heavy atom. The molecule has 0 bridgehead atoms. The smallest absolute Gasteiger partial charge is 0.318 e. The number of amides is 3. The van der Waals surface area contributed by atoms with Crippen molar-refractivity contribution in [2.75, 3.05) is 18.8 Å². The average Bonchev–Trinajstić information content (AvgIpc) is 2.82. The molecule has 3 amide bonds. The summed E-state index contributed by atoms with van der Waals surface area (Å²) in [7, 11) is -3.53. The predicted molar refractivity (Wildman–Crippen MR) is 89.9 cm³/mol. The highest BCUT2D eigenvalue weighted by molar-refractivity contribution is 7.99. The van der Waals surface area contributed by atoms with Crippen LogP contribution >= 0.6 is 11.8 Å². The van der Waals surface area contributed by atoms with Crippen LogP contribution in [0.1, 0.15) is 25.7 Å². The molecule has 2 heterocycles. The number of carbonyl (C=O) groups excluding carboxylic acids is 2. The number of rotatable bonds is 5. The van der Waals surface area contributed by atoms with Gasteiger partial charge in [-0.15, -0.1) is 0 Å². The van der Waals surface area contributed by atoms with Gasteiger partial charge in [0.25, 0.3) is 0 Å². The van der Waals surface area contributed by atoms with E-state index in [2.05, 4.69) is 4.98 Å². The maximum Gasteiger partial charge on any atom is 0.318 e. The first-order chi connectivity index (χ1) is 11.4. The van der Waals surface area contributed by atoms with Crippen LogP contribution in [0.4, 0.5) is 4.79 Å². The van der Waals surface area contributed by atoms with Crippen molar-refractivity contribution in [2.24, 2.45) is 5.73 Å². The largest absolute Gasteiger partial charge is 0.351 e. The van der Waals surface area contributed by atoms with E-state index in [4.69, 9.17) is 5.73 Å². The van der Waals surface area contributed by atoms with Crippen molar-refractivity contribution in [3.63, 3.8) is 0 Å². The number of hydrogen-bond donors (Lipinski definition) is 2. The molecule has 1 aliphatic heterocycles. The standard InChI is InChI=1S/C14H20N4O4S2/c15-14(20)17-12(19)10-23-13-6-5-11(9-16-13)24(21,22)18-7-3-1-2-4-8-18/h5-6,9H,1-4,7-8,10H2,(H3,15,17,19,20). The maximum atomic E-state index is 12.6. The Morgan fingerprint density at radius 2 is 1.88 bits per heavy atom. The van der Waals surface area contributed by atoms with Crippen molar-refractivity contribution in [3.8, 4) is 0 Å². The van der Waals surface area contributed by atoms with Gasteiger partial charge in [-0.3, -0.25) is 10.1 Å². The molecule has 3 N–H and O–H groups in total. The first-order valence-corrected chi connectivity index (χ1v) is 10.0.